The van der Waals surface area contributed by atoms with Crippen LogP contribution in [0.3, 0.4) is 0 Å². The Balaban J connectivity index is 2.58. The summed E-state index contributed by atoms with van der Waals surface area (Å²) in [6.45, 7) is 5.85. The minimum absolute atomic E-state index is 0.0178. The van der Waals surface area contributed by atoms with Crippen LogP contribution in [0, 0.1) is 5.92 Å². The molecule has 0 aliphatic heterocycles. The normalized spacial score (nSPS) is 14.5. The summed E-state index contributed by atoms with van der Waals surface area (Å²) in [5.74, 6) is 0.168. The molecule has 5 heteroatoms. The van der Waals surface area contributed by atoms with E-state index in [0.29, 0.717) is 5.88 Å². The van der Waals surface area contributed by atoms with Crippen LogP contribution < -0.4 is 5.32 Å². The minimum Gasteiger partial charge on any atom is -0.347 e. The molecule has 0 bridgehead atoms. The quantitative estimate of drug-likeness (QED) is 0.828. The molecule has 0 aliphatic carbocycles. The molecule has 1 aromatic heterocycles. The van der Waals surface area contributed by atoms with Crippen molar-refractivity contribution in [3.05, 3.63) is 16.1 Å². The molecular weight excluding hydrogens is 244 g/mol. The third-order valence-electron chi connectivity index (χ3n) is 2.33. The molecule has 1 N–H and O–H groups in total. The summed E-state index contributed by atoms with van der Waals surface area (Å²) < 4.78 is 0. The first-order chi connectivity index (χ1) is 7.58. The Morgan fingerprint density at radius 2 is 2.31 bits per heavy atom. The van der Waals surface area contributed by atoms with Gasteiger partial charge in [-0.1, -0.05) is 13.8 Å². The van der Waals surface area contributed by atoms with Crippen LogP contribution >= 0.6 is 22.9 Å². The van der Waals surface area contributed by atoms with Crippen LogP contribution in [-0.4, -0.2) is 16.8 Å². The van der Waals surface area contributed by atoms with Crippen molar-refractivity contribution in [2.24, 2.45) is 5.92 Å². The average molecular weight is 261 g/mol. The summed E-state index contributed by atoms with van der Waals surface area (Å²) in [6, 6.07) is -0.0385. The topological polar surface area (TPSA) is 42.0 Å². The predicted molar refractivity (Wildman–Crippen MR) is 67.9 cm³/mol. The highest BCUT2D eigenvalue weighted by atomic mass is 35.5. The lowest BCUT2D eigenvalue weighted by molar-refractivity contribution is -0.124. The SMILES string of the molecule is CCc1cnc(C(C)NC(=O)C(C)CCl)s1. The van der Waals surface area contributed by atoms with Gasteiger partial charge in [0.15, 0.2) is 0 Å². The zero-order valence-corrected chi connectivity index (χ0v) is 11.4. The van der Waals surface area contributed by atoms with Gasteiger partial charge in [0.2, 0.25) is 5.91 Å². The molecule has 1 amide bonds. The van der Waals surface area contributed by atoms with Crippen LogP contribution in [0.5, 0.6) is 0 Å². The molecule has 2 unspecified atom stereocenters. The van der Waals surface area contributed by atoms with Crippen LogP contribution in [-0.2, 0) is 11.2 Å². The monoisotopic (exact) mass is 260 g/mol. The molecule has 0 aromatic carbocycles. The summed E-state index contributed by atoms with van der Waals surface area (Å²) in [4.78, 5) is 17.1. The van der Waals surface area contributed by atoms with Gasteiger partial charge in [0.25, 0.3) is 0 Å². The van der Waals surface area contributed by atoms with E-state index in [1.807, 2.05) is 20.0 Å². The van der Waals surface area contributed by atoms with E-state index in [1.165, 1.54) is 4.88 Å². The summed E-state index contributed by atoms with van der Waals surface area (Å²) >= 11 is 7.27. The Hall–Kier alpha value is -0.610. The van der Waals surface area contributed by atoms with Gasteiger partial charge in [0.1, 0.15) is 5.01 Å². The molecule has 1 rings (SSSR count). The highest BCUT2D eigenvalue weighted by Crippen LogP contribution is 2.20. The van der Waals surface area contributed by atoms with Gasteiger partial charge in [-0.3, -0.25) is 4.79 Å². The van der Waals surface area contributed by atoms with Gasteiger partial charge in [-0.2, -0.15) is 0 Å². The number of alkyl halides is 1. The molecule has 0 saturated carbocycles. The second-order valence-electron chi connectivity index (χ2n) is 3.80. The van der Waals surface area contributed by atoms with E-state index in [2.05, 4.69) is 17.2 Å². The number of carbonyl (C=O) groups excluding carboxylic acids is 1. The predicted octanol–water partition coefficient (Wildman–Crippen LogP) is 2.76. The van der Waals surface area contributed by atoms with Crippen molar-refractivity contribution in [3.8, 4) is 0 Å². The van der Waals surface area contributed by atoms with Gasteiger partial charge in [-0.25, -0.2) is 4.98 Å². The fourth-order valence-corrected chi connectivity index (χ4v) is 2.17. The number of hydrogen-bond donors (Lipinski definition) is 1. The first-order valence-corrected chi connectivity index (χ1v) is 6.74. The van der Waals surface area contributed by atoms with Crippen molar-refractivity contribution in [3.63, 3.8) is 0 Å². The second-order valence-corrected chi connectivity index (χ2v) is 5.26. The van der Waals surface area contributed by atoms with Crippen LogP contribution in [0.1, 0.15) is 36.7 Å². The minimum atomic E-state index is -0.158. The van der Waals surface area contributed by atoms with Crippen molar-refractivity contribution in [2.45, 2.75) is 33.2 Å². The smallest absolute Gasteiger partial charge is 0.224 e. The number of aryl methyl sites for hydroxylation is 1. The van der Waals surface area contributed by atoms with E-state index < -0.39 is 0 Å². The largest absolute Gasteiger partial charge is 0.347 e. The number of nitrogens with one attached hydrogen (secondary N) is 1. The lowest BCUT2D eigenvalue weighted by Crippen LogP contribution is -2.32. The number of nitrogens with zero attached hydrogens (tertiary/aromatic N) is 1. The van der Waals surface area contributed by atoms with Gasteiger partial charge >= 0.3 is 0 Å². The van der Waals surface area contributed by atoms with Crippen molar-refractivity contribution in [2.75, 3.05) is 5.88 Å². The zero-order chi connectivity index (χ0) is 12.1. The number of halogens is 1. The third kappa shape index (κ3) is 3.46. The first kappa shape index (κ1) is 13.5. The van der Waals surface area contributed by atoms with E-state index in [-0.39, 0.29) is 17.9 Å². The summed E-state index contributed by atoms with van der Waals surface area (Å²) in [7, 11) is 0. The molecule has 2 atom stereocenters. The Labute approximate surface area is 105 Å². The van der Waals surface area contributed by atoms with Gasteiger partial charge in [0.05, 0.1) is 6.04 Å². The van der Waals surface area contributed by atoms with Crippen LogP contribution in [0.2, 0.25) is 0 Å². The molecule has 0 saturated heterocycles. The van der Waals surface area contributed by atoms with Crippen molar-refractivity contribution in [1.29, 1.82) is 0 Å². The van der Waals surface area contributed by atoms with Crippen molar-refractivity contribution < 1.29 is 4.79 Å². The summed E-state index contributed by atoms with van der Waals surface area (Å²) in [5, 5.41) is 3.86. The molecule has 1 heterocycles. The first-order valence-electron chi connectivity index (χ1n) is 5.39. The molecule has 0 fully saturated rings. The van der Waals surface area contributed by atoms with Gasteiger partial charge in [-0.05, 0) is 13.3 Å². The second kappa shape index (κ2) is 6.21. The van der Waals surface area contributed by atoms with Gasteiger partial charge in [0, 0.05) is 22.9 Å². The lowest BCUT2D eigenvalue weighted by Gasteiger charge is -2.14. The maximum Gasteiger partial charge on any atom is 0.224 e. The number of thiazole rings is 1. The van der Waals surface area contributed by atoms with E-state index in [0.717, 1.165) is 11.4 Å². The number of amides is 1. The molecule has 0 radical (unpaired) electrons. The average Bonchev–Trinajstić information content (AvgIpc) is 2.76. The van der Waals surface area contributed by atoms with Gasteiger partial charge in [-0.15, -0.1) is 22.9 Å². The maximum absolute atomic E-state index is 11.6. The Bertz CT molecular complexity index is 354. The van der Waals surface area contributed by atoms with Crippen LogP contribution in [0.15, 0.2) is 6.20 Å². The molecule has 1 aromatic rings. The van der Waals surface area contributed by atoms with Crippen LogP contribution in [0.4, 0.5) is 0 Å². The van der Waals surface area contributed by atoms with Gasteiger partial charge < -0.3 is 5.32 Å². The fourth-order valence-electron chi connectivity index (χ4n) is 1.17. The van der Waals surface area contributed by atoms with E-state index in [9.17, 15) is 4.79 Å². The fraction of sp³-hybridized carbons (Fsp3) is 0.636. The number of carbonyl (C=O) groups is 1. The number of hydrogen-bond acceptors (Lipinski definition) is 3. The van der Waals surface area contributed by atoms with Crippen molar-refractivity contribution in [1.82, 2.24) is 10.3 Å². The summed E-state index contributed by atoms with van der Waals surface area (Å²) in [5.41, 5.74) is 0. The molecule has 90 valence electrons. The molecule has 0 spiro atoms. The lowest BCUT2D eigenvalue weighted by atomic mass is 10.2. The Morgan fingerprint density at radius 3 is 2.81 bits per heavy atom. The standard InChI is InChI=1S/C11H17ClN2OS/c1-4-9-6-13-11(16-9)8(3)14-10(15)7(2)5-12/h6-8H,4-5H2,1-3H3,(H,14,15). The number of rotatable bonds is 5. The highest BCUT2D eigenvalue weighted by Gasteiger charge is 2.17. The molecule has 0 aliphatic rings. The van der Waals surface area contributed by atoms with E-state index in [1.54, 1.807) is 11.3 Å². The van der Waals surface area contributed by atoms with Crippen molar-refractivity contribution >= 4 is 28.8 Å². The molecule has 16 heavy (non-hydrogen) atoms. The van der Waals surface area contributed by atoms with E-state index >= 15 is 0 Å². The highest BCUT2D eigenvalue weighted by molar-refractivity contribution is 7.11. The third-order valence-corrected chi connectivity index (χ3v) is 4.12. The zero-order valence-electron chi connectivity index (χ0n) is 9.79. The molecular formula is C11H17ClN2OS. The number of aromatic nitrogens is 1. The molecule has 3 nitrogen and oxygen atoms in total. The Morgan fingerprint density at radius 1 is 1.62 bits per heavy atom. The summed E-state index contributed by atoms with van der Waals surface area (Å²) in [6.07, 6.45) is 2.85. The Kier molecular flexibility index (Phi) is 5.22. The maximum atomic E-state index is 11.6. The van der Waals surface area contributed by atoms with Crippen LogP contribution in [0.25, 0.3) is 0 Å². The van der Waals surface area contributed by atoms with E-state index in [4.69, 9.17) is 11.6 Å².